The molecule has 2 aromatic rings. The van der Waals surface area contributed by atoms with Crippen molar-refractivity contribution in [1.29, 1.82) is 0 Å². The number of para-hydroxylation sites is 2. The number of phenolic OH excluding ortho intramolecular Hbond substituents is 1. The summed E-state index contributed by atoms with van der Waals surface area (Å²) in [7, 11) is 4.00. The van der Waals surface area contributed by atoms with Crippen LogP contribution in [0.2, 0.25) is 0 Å². The van der Waals surface area contributed by atoms with Crippen molar-refractivity contribution in [2.75, 3.05) is 56.6 Å². The summed E-state index contributed by atoms with van der Waals surface area (Å²) in [6.07, 6.45) is 1.81. The van der Waals surface area contributed by atoms with Gasteiger partial charge in [-0.05, 0) is 25.1 Å². The molecule has 7 nitrogen and oxygen atoms in total. The van der Waals surface area contributed by atoms with E-state index in [1.807, 2.05) is 49.5 Å². The average Bonchev–Trinajstić information content (AvgIpc) is 2.72. The first-order chi connectivity index (χ1) is 13.6. The maximum Gasteiger partial charge on any atom is 0.194 e. The number of aliphatic imine (C=N–C) groups is 1. The van der Waals surface area contributed by atoms with Gasteiger partial charge in [0.25, 0.3) is 0 Å². The number of halogens is 1. The summed E-state index contributed by atoms with van der Waals surface area (Å²) < 4.78 is 0. The van der Waals surface area contributed by atoms with Gasteiger partial charge in [-0.1, -0.05) is 18.2 Å². The fourth-order valence-electron chi connectivity index (χ4n) is 3.43. The highest BCUT2D eigenvalue weighted by molar-refractivity contribution is 14.0. The minimum absolute atomic E-state index is 0. The number of benzene rings is 1. The molecule has 2 N–H and O–H groups in total. The number of pyridine rings is 1. The molecule has 1 aromatic heterocycles. The molecular weight excluding hydrogens is 479 g/mol. The number of hydrogen-bond acceptors (Lipinski definition) is 5. The smallest absolute Gasteiger partial charge is 0.194 e. The minimum Gasteiger partial charge on any atom is -0.506 e. The van der Waals surface area contributed by atoms with Gasteiger partial charge in [-0.25, -0.2) is 9.98 Å². The molecule has 0 radical (unpaired) electrons. The molecule has 1 fully saturated rings. The average molecular weight is 510 g/mol. The van der Waals surface area contributed by atoms with Crippen LogP contribution in [-0.2, 0) is 6.54 Å². The third-order valence-corrected chi connectivity index (χ3v) is 4.83. The summed E-state index contributed by atoms with van der Waals surface area (Å²) in [5.41, 5.74) is 2.01. The summed E-state index contributed by atoms with van der Waals surface area (Å²) in [5, 5.41) is 13.5. The molecule has 1 saturated heterocycles. The molecule has 0 bridgehead atoms. The van der Waals surface area contributed by atoms with E-state index in [2.05, 4.69) is 33.1 Å². The number of guanidine groups is 1. The van der Waals surface area contributed by atoms with Crippen LogP contribution in [0.4, 0.5) is 11.5 Å². The molecule has 0 amide bonds. The first-order valence-electron chi connectivity index (χ1n) is 9.77. The first kappa shape index (κ1) is 23.1. The maximum atomic E-state index is 10.1. The van der Waals surface area contributed by atoms with Gasteiger partial charge in [-0.15, -0.1) is 24.0 Å². The second kappa shape index (κ2) is 11.1. The summed E-state index contributed by atoms with van der Waals surface area (Å²) in [5.74, 6) is 2.21. The SMILES string of the molecule is CCNC(=NCc1cccnc1N(C)C)N1CCN(c2ccccc2O)CC1.I. The van der Waals surface area contributed by atoms with Gasteiger partial charge in [0.2, 0.25) is 0 Å². The molecule has 0 spiro atoms. The molecular formula is C21H31IN6O. The van der Waals surface area contributed by atoms with E-state index in [-0.39, 0.29) is 24.0 Å². The van der Waals surface area contributed by atoms with Crippen molar-refractivity contribution in [2.24, 2.45) is 4.99 Å². The van der Waals surface area contributed by atoms with Crippen LogP contribution < -0.4 is 15.1 Å². The van der Waals surface area contributed by atoms with Crippen LogP contribution in [-0.4, -0.2) is 67.8 Å². The van der Waals surface area contributed by atoms with Crippen molar-refractivity contribution >= 4 is 41.4 Å². The van der Waals surface area contributed by atoms with Crippen molar-refractivity contribution in [1.82, 2.24) is 15.2 Å². The van der Waals surface area contributed by atoms with E-state index in [0.29, 0.717) is 12.3 Å². The number of anilines is 2. The Morgan fingerprint density at radius 1 is 1.14 bits per heavy atom. The highest BCUT2D eigenvalue weighted by Gasteiger charge is 2.21. The molecule has 158 valence electrons. The zero-order valence-electron chi connectivity index (χ0n) is 17.4. The molecule has 1 aliphatic rings. The monoisotopic (exact) mass is 510 g/mol. The number of aromatic hydroxyl groups is 1. The highest BCUT2D eigenvalue weighted by atomic mass is 127. The number of phenols is 1. The van der Waals surface area contributed by atoms with E-state index in [9.17, 15) is 5.11 Å². The van der Waals surface area contributed by atoms with Crippen LogP contribution in [0.1, 0.15) is 12.5 Å². The topological polar surface area (TPSA) is 67.2 Å². The van der Waals surface area contributed by atoms with Crippen LogP contribution in [0, 0.1) is 0 Å². The fraction of sp³-hybridized carbons (Fsp3) is 0.429. The van der Waals surface area contributed by atoms with Crippen LogP contribution in [0.3, 0.4) is 0 Å². The third-order valence-electron chi connectivity index (χ3n) is 4.83. The first-order valence-corrected chi connectivity index (χ1v) is 9.77. The lowest BCUT2D eigenvalue weighted by Gasteiger charge is -2.37. The lowest BCUT2D eigenvalue weighted by Crippen LogP contribution is -2.52. The minimum atomic E-state index is 0. The number of rotatable bonds is 5. The van der Waals surface area contributed by atoms with Gasteiger partial charge in [0.1, 0.15) is 11.6 Å². The van der Waals surface area contributed by atoms with E-state index in [4.69, 9.17) is 4.99 Å². The predicted molar refractivity (Wildman–Crippen MR) is 131 cm³/mol. The number of aromatic nitrogens is 1. The Hall–Kier alpha value is -2.23. The van der Waals surface area contributed by atoms with Crippen LogP contribution in [0.5, 0.6) is 5.75 Å². The van der Waals surface area contributed by atoms with E-state index >= 15 is 0 Å². The molecule has 2 heterocycles. The van der Waals surface area contributed by atoms with Crippen molar-refractivity contribution in [3.63, 3.8) is 0 Å². The molecule has 0 atom stereocenters. The molecule has 0 saturated carbocycles. The normalized spacial score (nSPS) is 14.4. The van der Waals surface area contributed by atoms with Gasteiger partial charge in [-0.2, -0.15) is 0 Å². The summed E-state index contributed by atoms with van der Waals surface area (Å²) in [4.78, 5) is 15.8. The van der Waals surface area contributed by atoms with E-state index < -0.39 is 0 Å². The summed E-state index contributed by atoms with van der Waals surface area (Å²) in [6, 6.07) is 11.6. The van der Waals surface area contributed by atoms with E-state index in [1.54, 1.807) is 6.07 Å². The lowest BCUT2D eigenvalue weighted by atomic mass is 10.2. The number of piperazine rings is 1. The quantitative estimate of drug-likeness (QED) is 0.367. The van der Waals surface area contributed by atoms with Crippen LogP contribution >= 0.6 is 24.0 Å². The van der Waals surface area contributed by atoms with Gasteiger partial charge in [0.15, 0.2) is 5.96 Å². The molecule has 3 rings (SSSR count). The Morgan fingerprint density at radius 2 is 1.86 bits per heavy atom. The van der Waals surface area contributed by atoms with Crippen molar-refractivity contribution in [2.45, 2.75) is 13.5 Å². The molecule has 1 aliphatic heterocycles. The van der Waals surface area contributed by atoms with E-state index in [1.165, 1.54) is 0 Å². The van der Waals surface area contributed by atoms with Gasteiger partial charge in [0, 0.05) is 58.6 Å². The Morgan fingerprint density at radius 3 is 2.52 bits per heavy atom. The van der Waals surface area contributed by atoms with Gasteiger partial charge in [-0.3, -0.25) is 0 Å². The Balaban J connectivity index is 0.00000300. The second-order valence-electron chi connectivity index (χ2n) is 7.01. The number of hydrogen-bond donors (Lipinski definition) is 2. The molecule has 0 aliphatic carbocycles. The van der Waals surface area contributed by atoms with Gasteiger partial charge in [0.05, 0.1) is 12.2 Å². The fourth-order valence-corrected chi connectivity index (χ4v) is 3.43. The lowest BCUT2D eigenvalue weighted by molar-refractivity contribution is 0.369. The zero-order valence-corrected chi connectivity index (χ0v) is 19.7. The molecule has 29 heavy (non-hydrogen) atoms. The van der Waals surface area contributed by atoms with Crippen molar-refractivity contribution in [3.05, 3.63) is 48.2 Å². The second-order valence-corrected chi connectivity index (χ2v) is 7.01. The Bertz CT molecular complexity index is 805. The van der Waals surface area contributed by atoms with Gasteiger partial charge < -0.3 is 25.1 Å². The van der Waals surface area contributed by atoms with E-state index in [0.717, 1.165) is 55.8 Å². The molecule has 1 aromatic carbocycles. The number of nitrogens with one attached hydrogen (secondary N) is 1. The van der Waals surface area contributed by atoms with Crippen molar-refractivity contribution < 1.29 is 5.11 Å². The standard InChI is InChI=1S/C21H30N6O.HI/c1-4-22-21(24-16-17-8-7-11-23-20(17)25(2)3)27-14-12-26(13-15-27)18-9-5-6-10-19(18)28;/h5-11,28H,4,12-16H2,1-3H3,(H,22,24);1H. The molecule has 8 heteroatoms. The zero-order chi connectivity index (χ0) is 19.9. The van der Waals surface area contributed by atoms with Crippen molar-refractivity contribution in [3.8, 4) is 5.75 Å². The Kier molecular flexibility index (Phi) is 8.81. The molecule has 0 unspecified atom stereocenters. The Labute approximate surface area is 190 Å². The summed E-state index contributed by atoms with van der Waals surface area (Å²) >= 11 is 0. The van der Waals surface area contributed by atoms with Gasteiger partial charge >= 0.3 is 0 Å². The predicted octanol–water partition coefficient (Wildman–Crippen LogP) is 2.76. The van der Waals surface area contributed by atoms with Crippen LogP contribution in [0.25, 0.3) is 0 Å². The highest BCUT2D eigenvalue weighted by Crippen LogP contribution is 2.27. The summed E-state index contributed by atoms with van der Waals surface area (Å²) in [6.45, 7) is 6.90. The van der Waals surface area contributed by atoms with Crippen LogP contribution in [0.15, 0.2) is 47.6 Å². The largest absolute Gasteiger partial charge is 0.506 e. The number of nitrogens with zero attached hydrogens (tertiary/aromatic N) is 5. The maximum absolute atomic E-state index is 10.1. The third kappa shape index (κ3) is 5.88.